The van der Waals surface area contributed by atoms with Crippen LogP contribution < -0.4 is 5.73 Å². The Kier molecular flexibility index (Phi) is 4.63. The summed E-state index contributed by atoms with van der Waals surface area (Å²) in [5.41, 5.74) is 14.6. The fraction of sp³-hybridized carbons (Fsp3) is 0.160. The lowest BCUT2D eigenvalue weighted by atomic mass is 9.98. The molecule has 0 saturated carbocycles. The second-order valence-electron chi connectivity index (χ2n) is 7.20. The smallest absolute Gasteiger partial charge is 0.0991 e. The molecule has 0 atom stereocenters. The van der Waals surface area contributed by atoms with Gasteiger partial charge in [-0.05, 0) is 59.9 Å². The number of nitriles is 1. The fourth-order valence-electron chi connectivity index (χ4n) is 3.73. The molecule has 138 valence electrons. The lowest BCUT2D eigenvalue weighted by molar-refractivity contribution is 0.836. The van der Waals surface area contributed by atoms with Crippen LogP contribution in [0.3, 0.4) is 0 Å². The molecule has 3 aromatic carbocycles. The van der Waals surface area contributed by atoms with E-state index in [2.05, 4.69) is 54.1 Å². The summed E-state index contributed by atoms with van der Waals surface area (Å²) in [7, 11) is 0. The third-order valence-corrected chi connectivity index (χ3v) is 5.46. The Balaban J connectivity index is 1.87. The normalized spacial score (nSPS) is 10.9. The molecule has 0 amide bonds. The zero-order valence-corrected chi connectivity index (χ0v) is 16.2. The highest BCUT2D eigenvalue weighted by Crippen LogP contribution is 2.35. The van der Waals surface area contributed by atoms with Gasteiger partial charge in [0.2, 0.25) is 0 Å². The average Bonchev–Trinajstić information content (AvgIpc) is 3.08. The van der Waals surface area contributed by atoms with Crippen molar-refractivity contribution >= 4 is 16.6 Å². The zero-order chi connectivity index (χ0) is 19.7. The van der Waals surface area contributed by atoms with Crippen molar-refractivity contribution in [3.05, 3.63) is 89.1 Å². The van der Waals surface area contributed by atoms with E-state index in [-0.39, 0.29) is 0 Å². The van der Waals surface area contributed by atoms with E-state index in [0.29, 0.717) is 5.56 Å². The van der Waals surface area contributed by atoms with E-state index in [1.54, 1.807) is 0 Å². The maximum atomic E-state index is 9.37. The molecule has 2 N–H and O–H groups in total. The van der Waals surface area contributed by atoms with Gasteiger partial charge < -0.3 is 10.3 Å². The van der Waals surface area contributed by atoms with Gasteiger partial charge >= 0.3 is 0 Å². The van der Waals surface area contributed by atoms with Crippen LogP contribution in [0.5, 0.6) is 0 Å². The van der Waals surface area contributed by atoms with Gasteiger partial charge in [0.1, 0.15) is 0 Å². The number of nitrogens with two attached hydrogens (primary N) is 1. The minimum Gasteiger partial charge on any atom is -0.398 e. The molecular formula is C25H23N3. The highest BCUT2D eigenvalue weighted by Gasteiger charge is 2.14. The van der Waals surface area contributed by atoms with Crippen LogP contribution in [-0.2, 0) is 13.0 Å². The van der Waals surface area contributed by atoms with Gasteiger partial charge in [-0.1, -0.05) is 43.3 Å². The Bertz CT molecular complexity index is 1190. The molecule has 0 saturated heterocycles. The lowest BCUT2D eigenvalue weighted by Crippen LogP contribution is -1.98. The van der Waals surface area contributed by atoms with Crippen LogP contribution in [0.4, 0.5) is 5.69 Å². The first-order valence-corrected chi connectivity index (χ1v) is 9.57. The van der Waals surface area contributed by atoms with Gasteiger partial charge in [0.15, 0.2) is 0 Å². The standard InChI is InChI=1S/C25H23N3/c1-3-18-7-9-19(10-8-18)15-28-16-23(21-5-4-6-24(27)17(21)2)22-13-20(14-26)11-12-25(22)28/h4-13,16H,3,15,27H2,1-2H3. The van der Waals surface area contributed by atoms with Crippen molar-refractivity contribution in [1.29, 1.82) is 5.26 Å². The highest BCUT2D eigenvalue weighted by atomic mass is 15.0. The van der Waals surface area contributed by atoms with E-state index in [1.807, 2.05) is 37.3 Å². The van der Waals surface area contributed by atoms with Crippen molar-refractivity contribution in [3.8, 4) is 17.2 Å². The van der Waals surface area contributed by atoms with Crippen molar-refractivity contribution < 1.29 is 0 Å². The van der Waals surface area contributed by atoms with Gasteiger partial charge in [-0.25, -0.2) is 0 Å². The number of nitrogen functional groups attached to an aromatic ring is 1. The molecule has 0 spiro atoms. The predicted molar refractivity (Wildman–Crippen MR) is 116 cm³/mol. The maximum Gasteiger partial charge on any atom is 0.0991 e. The van der Waals surface area contributed by atoms with Crippen molar-refractivity contribution in [2.24, 2.45) is 0 Å². The molecule has 0 unspecified atom stereocenters. The monoisotopic (exact) mass is 365 g/mol. The van der Waals surface area contributed by atoms with Gasteiger partial charge in [-0.15, -0.1) is 0 Å². The fourth-order valence-corrected chi connectivity index (χ4v) is 3.73. The molecule has 3 heteroatoms. The molecule has 0 fully saturated rings. The first-order chi connectivity index (χ1) is 13.6. The topological polar surface area (TPSA) is 54.7 Å². The van der Waals surface area contributed by atoms with Crippen molar-refractivity contribution in [2.75, 3.05) is 5.73 Å². The molecule has 0 aliphatic heterocycles. The van der Waals surface area contributed by atoms with Gasteiger partial charge in [-0.2, -0.15) is 5.26 Å². The van der Waals surface area contributed by atoms with Gasteiger partial charge in [0, 0.05) is 34.9 Å². The predicted octanol–water partition coefficient (Wildman–Crippen LogP) is 5.68. The quantitative estimate of drug-likeness (QED) is 0.473. The van der Waals surface area contributed by atoms with Gasteiger partial charge in [-0.3, -0.25) is 0 Å². The van der Waals surface area contributed by atoms with E-state index < -0.39 is 0 Å². The summed E-state index contributed by atoms with van der Waals surface area (Å²) in [5.74, 6) is 0. The molecular weight excluding hydrogens is 342 g/mol. The Morgan fingerprint density at radius 3 is 2.43 bits per heavy atom. The van der Waals surface area contributed by atoms with Crippen LogP contribution in [0.15, 0.2) is 66.9 Å². The lowest BCUT2D eigenvalue weighted by Gasteiger charge is -2.07. The number of fused-ring (bicyclic) bond motifs is 1. The molecule has 3 nitrogen and oxygen atoms in total. The van der Waals surface area contributed by atoms with Crippen LogP contribution in [0.2, 0.25) is 0 Å². The van der Waals surface area contributed by atoms with Crippen LogP contribution >= 0.6 is 0 Å². The summed E-state index contributed by atoms with van der Waals surface area (Å²) in [5, 5.41) is 10.5. The third kappa shape index (κ3) is 3.14. The summed E-state index contributed by atoms with van der Waals surface area (Å²) in [4.78, 5) is 0. The van der Waals surface area contributed by atoms with E-state index in [0.717, 1.165) is 46.2 Å². The first-order valence-electron chi connectivity index (χ1n) is 9.57. The summed E-state index contributed by atoms with van der Waals surface area (Å²) >= 11 is 0. The summed E-state index contributed by atoms with van der Waals surface area (Å²) < 4.78 is 2.26. The SMILES string of the molecule is CCc1ccc(Cn2cc(-c3cccc(N)c3C)c3cc(C#N)ccc32)cc1. The summed E-state index contributed by atoms with van der Waals surface area (Å²) in [6.45, 7) is 5.00. The minimum absolute atomic E-state index is 0.667. The Hall–Kier alpha value is -3.51. The van der Waals surface area contributed by atoms with Gasteiger partial charge in [0.25, 0.3) is 0 Å². The molecule has 1 heterocycles. The Labute approximate surface area is 165 Å². The second-order valence-corrected chi connectivity index (χ2v) is 7.20. The Morgan fingerprint density at radius 1 is 0.964 bits per heavy atom. The number of anilines is 1. The van der Waals surface area contributed by atoms with Crippen LogP contribution in [0.1, 0.15) is 29.2 Å². The third-order valence-electron chi connectivity index (χ3n) is 5.46. The summed E-state index contributed by atoms with van der Waals surface area (Å²) in [6.07, 6.45) is 3.23. The van der Waals surface area contributed by atoms with Crippen LogP contribution in [0.25, 0.3) is 22.0 Å². The average molecular weight is 365 g/mol. The molecule has 4 rings (SSSR count). The molecule has 1 aromatic heterocycles. The number of hydrogen-bond acceptors (Lipinski definition) is 2. The number of rotatable bonds is 4. The van der Waals surface area contributed by atoms with Crippen molar-refractivity contribution in [2.45, 2.75) is 26.8 Å². The zero-order valence-electron chi connectivity index (χ0n) is 16.2. The Morgan fingerprint density at radius 2 is 1.71 bits per heavy atom. The molecule has 28 heavy (non-hydrogen) atoms. The number of nitrogens with zero attached hydrogens (tertiary/aromatic N) is 2. The largest absolute Gasteiger partial charge is 0.398 e. The molecule has 0 bridgehead atoms. The van der Waals surface area contributed by atoms with Crippen molar-refractivity contribution in [3.63, 3.8) is 0 Å². The molecule has 0 radical (unpaired) electrons. The number of aromatic nitrogens is 1. The maximum absolute atomic E-state index is 9.37. The van der Waals surface area contributed by atoms with Crippen molar-refractivity contribution in [1.82, 2.24) is 4.57 Å². The van der Waals surface area contributed by atoms with E-state index in [9.17, 15) is 5.26 Å². The highest BCUT2D eigenvalue weighted by molar-refractivity contribution is 5.98. The molecule has 4 aromatic rings. The molecule has 0 aliphatic rings. The van der Waals surface area contributed by atoms with Crippen LogP contribution in [-0.4, -0.2) is 4.57 Å². The van der Waals surface area contributed by atoms with Crippen LogP contribution in [0, 0.1) is 18.3 Å². The number of hydrogen-bond donors (Lipinski definition) is 1. The number of aryl methyl sites for hydroxylation is 1. The van der Waals surface area contributed by atoms with E-state index in [4.69, 9.17) is 5.73 Å². The minimum atomic E-state index is 0.667. The van der Waals surface area contributed by atoms with E-state index >= 15 is 0 Å². The first kappa shape index (κ1) is 17.9. The molecule has 0 aliphatic carbocycles. The van der Waals surface area contributed by atoms with Gasteiger partial charge in [0.05, 0.1) is 11.6 Å². The summed E-state index contributed by atoms with van der Waals surface area (Å²) in [6, 6.07) is 22.9. The van der Waals surface area contributed by atoms with E-state index in [1.165, 1.54) is 11.1 Å². The second kappa shape index (κ2) is 7.25. The number of benzene rings is 3.